The second kappa shape index (κ2) is 8.45. The van der Waals surface area contributed by atoms with Crippen molar-refractivity contribution < 1.29 is 17.5 Å². The number of ether oxygens (including phenoxy) is 1. The van der Waals surface area contributed by atoms with Crippen molar-refractivity contribution in [2.24, 2.45) is 0 Å². The van der Waals surface area contributed by atoms with E-state index in [1.54, 1.807) is 43.3 Å². The minimum atomic E-state index is -3.61. The minimum absolute atomic E-state index is 0.0944. The van der Waals surface area contributed by atoms with Crippen molar-refractivity contribution in [3.8, 4) is 17.1 Å². The third-order valence-electron chi connectivity index (χ3n) is 4.06. The molecule has 0 spiro atoms. The Balaban J connectivity index is 1.55. The van der Waals surface area contributed by atoms with E-state index >= 15 is 0 Å². The van der Waals surface area contributed by atoms with Gasteiger partial charge < -0.3 is 4.74 Å². The predicted molar refractivity (Wildman–Crippen MR) is 104 cm³/mol. The molecule has 0 saturated carbocycles. The highest BCUT2D eigenvalue weighted by molar-refractivity contribution is 7.89. The van der Waals surface area contributed by atoms with E-state index in [0.717, 1.165) is 11.1 Å². The molecule has 0 fully saturated rings. The van der Waals surface area contributed by atoms with Crippen molar-refractivity contribution in [1.29, 1.82) is 0 Å². The van der Waals surface area contributed by atoms with Crippen molar-refractivity contribution >= 4 is 10.0 Å². The molecule has 0 saturated heterocycles. The Morgan fingerprint density at radius 1 is 1.00 bits per heavy atom. The lowest BCUT2D eigenvalue weighted by Gasteiger charge is -2.10. The lowest BCUT2D eigenvalue weighted by Crippen LogP contribution is -2.29. The Hall–Kier alpha value is -2.84. The van der Waals surface area contributed by atoms with E-state index in [9.17, 15) is 12.8 Å². The van der Waals surface area contributed by atoms with Gasteiger partial charge >= 0.3 is 0 Å². The molecule has 0 bridgehead atoms. The maximum Gasteiger partial charge on any atom is 0.240 e. The fourth-order valence-electron chi connectivity index (χ4n) is 2.58. The first-order valence-corrected chi connectivity index (χ1v) is 10.1. The molecule has 0 aliphatic heterocycles. The van der Waals surface area contributed by atoms with Crippen LogP contribution in [0, 0.1) is 19.7 Å². The summed E-state index contributed by atoms with van der Waals surface area (Å²) >= 11 is 0. The topological polar surface area (TPSA) is 81.2 Å². The number of hydrogen-bond donors (Lipinski definition) is 1. The van der Waals surface area contributed by atoms with Crippen molar-refractivity contribution in [2.45, 2.75) is 18.7 Å². The van der Waals surface area contributed by atoms with Crippen LogP contribution in [0.3, 0.4) is 0 Å². The van der Waals surface area contributed by atoms with Gasteiger partial charge in [-0.3, -0.25) is 0 Å². The smallest absolute Gasteiger partial charge is 0.240 e. The summed E-state index contributed by atoms with van der Waals surface area (Å²) in [5, 5.41) is 7.99. The molecule has 28 heavy (non-hydrogen) atoms. The summed E-state index contributed by atoms with van der Waals surface area (Å²) in [5.41, 5.74) is 2.88. The zero-order valence-corrected chi connectivity index (χ0v) is 16.3. The average Bonchev–Trinajstić information content (AvgIpc) is 2.68. The Morgan fingerprint density at radius 2 is 1.75 bits per heavy atom. The van der Waals surface area contributed by atoms with Gasteiger partial charge in [0, 0.05) is 18.2 Å². The number of aromatic nitrogens is 2. The fraction of sp³-hybridized carbons (Fsp3) is 0.200. The molecule has 3 aromatic rings. The number of aryl methyl sites for hydroxylation is 2. The quantitative estimate of drug-likeness (QED) is 0.615. The second-order valence-corrected chi connectivity index (χ2v) is 8.01. The largest absolute Gasteiger partial charge is 0.475 e. The van der Waals surface area contributed by atoms with E-state index in [4.69, 9.17) is 4.74 Å². The Labute approximate surface area is 163 Å². The third kappa shape index (κ3) is 4.90. The summed E-state index contributed by atoms with van der Waals surface area (Å²) < 4.78 is 45.8. The Bertz CT molecular complexity index is 1050. The highest BCUT2D eigenvalue weighted by Gasteiger charge is 2.16. The first-order chi connectivity index (χ1) is 13.3. The van der Waals surface area contributed by atoms with Crippen LogP contribution in [-0.4, -0.2) is 31.8 Å². The molecule has 0 amide bonds. The van der Waals surface area contributed by atoms with Gasteiger partial charge in [0.05, 0.1) is 10.6 Å². The van der Waals surface area contributed by atoms with Crippen LogP contribution in [0.1, 0.15) is 11.1 Å². The summed E-state index contributed by atoms with van der Waals surface area (Å²) in [6.07, 6.45) is 0. The second-order valence-electron chi connectivity index (χ2n) is 6.28. The maximum atomic E-state index is 13.0. The van der Waals surface area contributed by atoms with Crippen LogP contribution < -0.4 is 9.46 Å². The van der Waals surface area contributed by atoms with Crippen LogP contribution in [0.15, 0.2) is 59.5 Å². The van der Waals surface area contributed by atoms with Crippen molar-refractivity contribution in [2.75, 3.05) is 13.2 Å². The van der Waals surface area contributed by atoms with E-state index in [2.05, 4.69) is 14.9 Å². The molecule has 146 valence electrons. The zero-order valence-electron chi connectivity index (χ0n) is 15.5. The number of benzene rings is 2. The number of hydrogen-bond acceptors (Lipinski definition) is 5. The average molecular weight is 401 g/mol. The molecule has 1 N–H and O–H groups in total. The summed E-state index contributed by atoms with van der Waals surface area (Å²) in [7, 11) is -3.61. The van der Waals surface area contributed by atoms with Gasteiger partial charge in [-0.05, 0) is 61.4 Å². The lowest BCUT2D eigenvalue weighted by atomic mass is 10.1. The Kier molecular flexibility index (Phi) is 6.01. The van der Waals surface area contributed by atoms with Gasteiger partial charge in [0.2, 0.25) is 15.9 Å². The van der Waals surface area contributed by atoms with Crippen LogP contribution in [0.2, 0.25) is 0 Å². The summed E-state index contributed by atoms with van der Waals surface area (Å²) in [6.45, 7) is 3.80. The molecule has 6 nitrogen and oxygen atoms in total. The molecule has 1 aromatic heterocycles. The number of halogens is 1. The van der Waals surface area contributed by atoms with Gasteiger partial charge in [0.15, 0.2) is 0 Å². The molecular formula is C20H20FN3O3S. The molecular weight excluding hydrogens is 381 g/mol. The highest BCUT2D eigenvalue weighted by Crippen LogP contribution is 2.18. The van der Waals surface area contributed by atoms with Crippen LogP contribution in [-0.2, 0) is 10.0 Å². The number of nitrogens with zero attached hydrogens (tertiary/aromatic N) is 2. The molecule has 0 aliphatic carbocycles. The summed E-state index contributed by atoms with van der Waals surface area (Å²) in [6, 6.07) is 14.5. The van der Waals surface area contributed by atoms with E-state index in [1.807, 2.05) is 13.0 Å². The fourth-order valence-corrected chi connectivity index (χ4v) is 3.92. The van der Waals surface area contributed by atoms with Crippen LogP contribution in [0.4, 0.5) is 4.39 Å². The SMILES string of the molecule is Cc1ccc(C)c(S(=O)(=O)NCCOc2ccc(-c3ccc(F)cc3)nn2)c1. The van der Waals surface area contributed by atoms with E-state index in [1.165, 1.54) is 12.1 Å². The van der Waals surface area contributed by atoms with E-state index in [0.29, 0.717) is 11.3 Å². The van der Waals surface area contributed by atoms with Gasteiger partial charge in [-0.2, -0.15) is 0 Å². The van der Waals surface area contributed by atoms with Gasteiger partial charge in [-0.1, -0.05) is 12.1 Å². The molecule has 8 heteroatoms. The Morgan fingerprint density at radius 3 is 2.43 bits per heavy atom. The van der Waals surface area contributed by atoms with Crippen molar-refractivity contribution in [3.05, 3.63) is 71.5 Å². The molecule has 3 rings (SSSR count). The maximum absolute atomic E-state index is 13.0. The normalized spacial score (nSPS) is 11.4. The predicted octanol–water partition coefficient (Wildman–Crippen LogP) is 3.26. The van der Waals surface area contributed by atoms with Gasteiger partial charge in [-0.25, -0.2) is 17.5 Å². The summed E-state index contributed by atoms with van der Waals surface area (Å²) in [4.78, 5) is 0.260. The third-order valence-corrected chi connectivity index (χ3v) is 5.66. The van der Waals surface area contributed by atoms with Gasteiger partial charge in [0.25, 0.3) is 0 Å². The van der Waals surface area contributed by atoms with Crippen LogP contribution in [0.25, 0.3) is 11.3 Å². The van der Waals surface area contributed by atoms with Crippen LogP contribution in [0.5, 0.6) is 5.88 Å². The number of sulfonamides is 1. The number of rotatable bonds is 7. The van der Waals surface area contributed by atoms with Gasteiger partial charge in [-0.15, -0.1) is 10.2 Å². The lowest BCUT2D eigenvalue weighted by molar-refractivity contribution is 0.307. The summed E-state index contributed by atoms with van der Waals surface area (Å²) in [5.74, 6) is -0.0447. The van der Waals surface area contributed by atoms with Crippen molar-refractivity contribution in [3.63, 3.8) is 0 Å². The first kappa shape index (κ1) is 19.9. The molecule has 1 heterocycles. The molecule has 0 unspecified atom stereocenters. The molecule has 2 aromatic carbocycles. The minimum Gasteiger partial charge on any atom is -0.475 e. The molecule has 0 atom stereocenters. The van der Waals surface area contributed by atoms with E-state index in [-0.39, 0.29) is 29.7 Å². The van der Waals surface area contributed by atoms with Gasteiger partial charge in [0.1, 0.15) is 12.4 Å². The standard InChI is InChI=1S/C20H20FN3O3S/c1-14-3-4-15(2)19(13-14)28(25,26)22-11-12-27-20-10-9-18(23-24-20)16-5-7-17(21)8-6-16/h3-10,13,22H,11-12H2,1-2H3. The highest BCUT2D eigenvalue weighted by atomic mass is 32.2. The van der Waals surface area contributed by atoms with E-state index < -0.39 is 10.0 Å². The van der Waals surface area contributed by atoms with Crippen LogP contribution >= 0.6 is 0 Å². The first-order valence-electron chi connectivity index (χ1n) is 8.64. The molecule has 0 aliphatic rings. The zero-order chi connectivity index (χ0) is 20.1. The monoisotopic (exact) mass is 401 g/mol. The molecule has 0 radical (unpaired) electrons. The van der Waals surface area contributed by atoms with Crippen molar-refractivity contribution in [1.82, 2.24) is 14.9 Å². The number of nitrogens with one attached hydrogen (secondary N) is 1.